The number of aromatic nitrogens is 2. The number of nitrogens with one attached hydrogen (secondary N) is 1. The summed E-state index contributed by atoms with van der Waals surface area (Å²) in [5, 5.41) is 4.26. The number of ether oxygens (including phenoxy) is 1. The van der Waals surface area contributed by atoms with Gasteiger partial charge in [-0.3, -0.25) is 4.98 Å². The second kappa shape index (κ2) is 9.92. The average Bonchev–Trinajstić information content (AvgIpc) is 3.37. The molecule has 0 aliphatic carbocycles. The van der Waals surface area contributed by atoms with Crippen LogP contribution in [0.3, 0.4) is 0 Å². The van der Waals surface area contributed by atoms with Crippen LogP contribution in [0.25, 0.3) is 0 Å². The van der Waals surface area contributed by atoms with E-state index in [-0.39, 0.29) is 12.1 Å². The lowest BCUT2D eigenvalue weighted by atomic mass is 9.96. The second-order valence-corrected chi connectivity index (χ2v) is 9.21. The molecular weight excluding hydrogens is 452 g/mol. The maximum absolute atomic E-state index is 5.90. The third kappa shape index (κ3) is 4.54. The van der Waals surface area contributed by atoms with Gasteiger partial charge >= 0.3 is 0 Å². The van der Waals surface area contributed by atoms with Crippen LogP contribution < -0.4 is 15.0 Å². The minimum atomic E-state index is -0.0686. The topological polar surface area (TPSA) is 42.3 Å². The van der Waals surface area contributed by atoms with Crippen molar-refractivity contribution in [3.8, 4) is 5.75 Å². The molecule has 0 radical (unpaired) electrons. The molecule has 1 saturated heterocycles. The van der Waals surface area contributed by atoms with E-state index < -0.39 is 0 Å². The molecule has 0 saturated carbocycles. The summed E-state index contributed by atoms with van der Waals surface area (Å²) in [5.41, 5.74) is 6.99. The van der Waals surface area contributed by atoms with Gasteiger partial charge in [0.05, 0.1) is 24.4 Å². The zero-order valence-electron chi connectivity index (χ0n) is 20.3. The normalized spacial score (nSPS) is 17.5. The molecule has 3 heterocycles. The van der Waals surface area contributed by atoms with Gasteiger partial charge in [-0.25, -0.2) is 0 Å². The maximum Gasteiger partial charge on any atom is 0.174 e. The molecule has 35 heavy (non-hydrogen) atoms. The van der Waals surface area contributed by atoms with Crippen LogP contribution in [-0.2, 0) is 6.54 Å². The molecule has 1 aliphatic heterocycles. The van der Waals surface area contributed by atoms with E-state index in [2.05, 4.69) is 88.2 Å². The van der Waals surface area contributed by atoms with E-state index in [0.29, 0.717) is 11.7 Å². The summed E-state index contributed by atoms with van der Waals surface area (Å²) in [6.07, 6.45) is 1.84. The Morgan fingerprint density at radius 3 is 2.40 bits per heavy atom. The fourth-order valence-corrected chi connectivity index (χ4v) is 5.30. The van der Waals surface area contributed by atoms with Crippen molar-refractivity contribution in [3.05, 3.63) is 113 Å². The quantitative estimate of drug-likeness (QED) is 0.321. The molecule has 0 spiro atoms. The third-order valence-electron chi connectivity index (χ3n) is 6.64. The molecule has 0 amide bonds. The zero-order chi connectivity index (χ0) is 24.4. The number of nitrogens with zero attached hydrogens (tertiary/aromatic N) is 3. The molecular formula is C29H30N4OS. The van der Waals surface area contributed by atoms with E-state index in [0.717, 1.165) is 23.7 Å². The van der Waals surface area contributed by atoms with Crippen molar-refractivity contribution in [1.29, 1.82) is 0 Å². The number of hydrogen-bond acceptors (Lipinski definition) is 3. The molecule has 1 fully saturated rings. The molecule has 5 rings (SSSR count). The van der Waals surface area contributed by atoms with Gasteiger partial charge in [-0.2, -0.15) is 0 Å². The van der Waals surface area contributed by atoms with Crippen LogP contribution in [-0.4, -0.2) is 21.3 Å². The number of benzene rings is 2. The van der Waals surface area contributed by atoms with Crippen molar-refractivity contribution < 1.29 is 4.74 Å². The predicted molar refractivity (Wildman–Crippen MR) is 145 cm³/mol. The summed E-state index contributed by atoms with van der Waals surface area (Å²) in [4.78, 5) is 6.91. The highest BCUT2D eigenvalue weighted by Crippen LogP contribution is 2.43. The lowest BCUT2D eigenvalue weighted by Crippen LogP contribution is -2.29. The first-order chi connectivity index (χ1) is 17.1. The molecule has 4 aromatic rings. The molecule has 2 aromatic carbocycles. The Kier molecular flexibility index (Phi) is 6.55. The molecule has 178 valence electrons. The minimum absolute atomic E-state index is 0.0360. The monoisotopic (exact) mass is 482 g/mol. The smallest absolute Gasteiger partial charge is 0.174 e. The van der Waals surface area contributed by atoms with Crippen molar-refractivity contribution in [1.82, 2.24) is 14.9 Å². The van der Waals surface area contributed by atoms with Gasteiger partial charge < -0.3 is 19.5 Å². The first kappa shape index (κ1) is 23.1. The van der Waals surface area contributed by atoms with E-state index in [1.165, 1.54) is 22.5 Å². The second-order valence-electron chi connectivity index (χ2n) is 8.82. The van der Waals surface area contributed by atoms with Gasteiger partial charge in [0.1, 0.15) is 5.75 Å². The summed E-state index contributed by atoms with van der Waals surface area (Å²) in [5.74, 6) is 0.855. The van der Waals surface area contributed by atoms with Crippen LogP contribution in [0.15, 0.2) is 85.1 Å². The Hall–Kier alpha value is -3.64. The van der Waals surface area contributed by atoms with Crippen molar-refractivity contribution >= 4 is 23.0 Å². The minimum Gasteiger partial charge on any atom is -0.494 e. The fraction of sp³-hybridized carbons (Fsp3) is 0.241. The van der Waals surface area contributed by atoms with E-state index >= 15 is 0 Å². The number of thiocarbonyl (C=S) groups is 1. The molecule has 5 nitrogen and oxygen atoms in total. The molecule has 2 atom stereocenters. The Bertz CT molecular complexity index is 1300. The molecule has 0 unspecified atom stereocenters. The van der Waals surface area contributed by atoms with Gasteiger partial charge in [-0.15, -0.1) is 0 Å². The van der Waals surface area contributed by atoms with Crippen LogP contribution >= 0.6 is 12.2 Å². The highest BCUT2D eigenvalue weighted by atomic mass is 32.1. The van der Waals surface area contributed by atoms with Crippen LogP contribution in [0.2, 0.25) is 0 Å². The average molecular weight is 483 g/mol. The Morgan fingerprint density at radius 1 is 0.971 bits per heavy atom. The molecule has 0 bridgehead atoms. The summed E-state index contributed by atoms with van der Waals surface area (Å²) in [6.45, 7) is 7.85. The van der Waals surface area contributed by atoms with E-state index in [1.807, 2.05) is 37.4 Å². The van der Waals surface area contributed by atoms with Gasteiger partial charge in [0.25, 0.3) is 0 Å². The van der Waals surface area contributed by atoms with E-state index in [9.17, 15) is 0 Å². The number of rotatable bonds is 7. The highest BCUT2D eigenvalue weighted by molar-refractivity contribution is 7.80. The molecule has 1 N–H and O–H groups in total. The van der Waals surface area contributed by atoms with Crippen molar-refractivity contribution in [2.24, 2.45) is 0 Å². The number of anilines is 1. The van der Waals surface area contributed by atoms with Gasteiger partial charge in [-0.1, -0.05) is 36.4 Å². The van der Waals surface area contributed by atoms with Gasteiger partial charge in [0, 0.05) is 29.8 Å². The Balaban J connectivity index is 1.59. The van der Waals surface area contributed by atoms with Crippen molar-refractivity contribution in [2.45, 2.75) is 39.4 Å². The predicted octanol–water partition coefficient (Wildman–Crippen LogP) is 6.12. The molecule has 1 aliphatic rings. The van der Waals surface area contributed by atoms with E-state index in [4.69, 9.17) is 17.0 Å². The van der Waals surface area contributed by atoms with Crippen LogP contribution in [0, 0.1) is 13.8 Å². The third-order valence-corrected chi connectivity index (χ3v) is 6.95. The zero-order valence-corrected chi connectivity index (χ0v) is 21.1. The van der Waals surface area contributed by atoms with Crippen LogP contribution in [0.5, 0.6) is 5.75 Å². The first-order valence-corrected chi connectivity index (χ1v) is 12.4. The lowest BCUT2D eigenvalue weighted by Gasteiger charge is -2.28. The van der Waals surface area contributed by atoms with Gasteiger partial charge in [-0.05, 0) is 86.6 Å². The summed E-state index contributed by atoms with van der Waals surface area (Å²) in [6, 6.07) is 27.0. The van der Waals surface area contributed by atoms with E-state index in [1.54, 1.807) is 0 Å². The van der Waals surface area contributed by atoms with Crippen LogP contribution in [0.1, 0.15) is 47.2 Å². The first-order valence-electron chi connectivity index (χ1n) is 12.0. The van der Waals surface area contributed by atoms with Gasteiger partial charge in [0.2, 0.25) is 0 Å². The standard InChI is InChI=1S/C29H30N4OS/c1-4-34-24-15-13-23(14-16-24)33-28(27(31-29(33)35)26-12-8-9-17-30-26)25-18-20(2)32(21(25)3)19-22-10-6-5-7-11-22/h5-18,27-28H,4,19H2,1-3H3,(H,31,35)/t27-,28-/m0/s1. The highest BCUT2D eigenvalue weighted by Gasteiger charge is 2.42. The van der Waals surface area contributed by atoms with Crippen LogP contribution in [0.4, 0.5) is 5.69 Å². The van der Waals surface area contributed by atoms with Crippen molar-refractivity contribution in [2.75, 3.05) is 11.5 Å². The fourth-order valence-electron chi connectivity index (χ4n) is 4.96. The molecule has 6 heteroatoms. The maximum atomic E-state index is 5.90. The largest absolute Gasteiger partial charge is 0.494 e. The Morgan fingerprint density at radius 2 is 1.71 bits per heavy atom. The lowest BCUT2D eigenvalue weighted by molar-refractivity contribution is 0.340. The number of pyridine rings is 1. The van der Waals surface area contributed by atoms with Gasteiger partial charge in [0.15, 0.2) is 5.11 Å². The SMILES string of the molecule is CCOc1ccc(N2C(=S)N[C@@H](c3ccccn3)[C@@H]2c2cc(C)n(Cc3ccccc3)c2C)cc1. The summed E-state index contributed by atoms with van der Waals surface area (Å²) >= 11 is 5.90. The summed E-state index contributed by atoms with van der Waals surface area (Å²) in [7, 11) is 0. The summed E-state index contributed by atoms with van der Waals surface area (Å²) < 4.78 is 8.05. The number of hydrogen-bond donors (Lipinski definition) is 1. The molecule has 2 aromatic heterocycles. The van der Waals surface area contributed by atoms with Crippen molar-refractivity contribution in [3.63, 3.8) is 0 Å². The Labute approximate surface area is 212 Å². The number of aryl methyl sites for hydroxylation is 1.